The van der Waals surface area contributed by atoms with E-state index in [1.165, 1.54) is 21.1 Å². The van der Waals surface area contributed by atoms with Crippen LogP contribution < -0.4 is 5.73 Å². The van der Waals surface area contributed by atoms with Crippen LogP contribution in [0.2, 0.25) is 0 Å². The number of piperidine rings is 1. The lowest BCUT2D eigenvalue weighted by molar-refractivity contribution is 0.257. The predicted molar refractivity (Wildman–Crippen MR) is 88.8 cm³/mol. The molecular weight excluding hydrogens is 331 g/mol. The van der Waals surface area contributed by atoms with Gasteiger partial charge < -0.3 is 5.73 Å². The van der Waals surface area contributed by atoms with Crippen LogP contribution >= 0.6 is 0 Å². The van der Waals surface area contributed by atoms with Crippen LogP contribution in [-0.2, 0) is 10.0 Å². The highest BCUT2D eigenvalue weighted by atomic mass is 32.2. The first-order valence-corrected chi connectivity index (χ1v) is 9.40. The van der Waals surface area contributed by atoms with Crippen molar-refractivity contribution in [2.75, 3.05) is 13.1 Å². The zero-order valence-corrected chi connectivity index (χ0v) is 14.3. The Kier molecular flexibility index (Phi) is 4.71. The molecule has 1 fully saturated rings. The number of benzene rings is 1. The summed E-state index contributed by atoms with van der Waals surface area (Å²) < 4.78 is 42.9. The van der Waals surface area contributed by atoms with E-state index in [-0.39, 0.29) is 23.2 Å². The summed E-state index contributed by atoms with van der Waals surface area (Å²) in [6.45, 7) is 2.54. The van der Waals surface area contributed by atoms with E-state index in [2.05, 4.69) is 5.10 Å². The second kappa shape index (κ2) is 6.62. The second-order valence-electron chi connectivity index (χ2n) is 6.08. The molecule has 1 saturated heterocycles. The minimum Gasteiger partial charge on any atom is -0.329 e. The van der Waals surface area contributed by atoms with Crippen LogP contribution in [0.3, 0.4) is 0 Å². The third-order valence-electron chi connectivity index (χ3n) is 4.33. The highest BCUT2D eigenvalue weighted by Crippen LogP contribution is 2.26. The van der Waals surface area contributed by atoms with Crippen molar-refractivity contribution in [1.82, 2.24) is 14.1 Å². The molecule has 8 heteroatoms. The molecule has 2 N–H and O–H groups in total. The van der Waals surface area contributed by atoms with Gasteiger partial charge in [-0.3, -0.25) is 0 Å². The normalized spacial score (nSPS) is 19.5. The summed E-state index contributed by atoms with van der Waals surface area (Å²) in [5.41, 5.74) is 6.82. The topological polar surface area (TPSA) is 81.2 Å². The summed E-state index contributed by atoms with van der Waals surface area (Å²) in [7, 11) is -3.76. The Balaban J connectivity index is 1.95. The van der Waals surface area contributed by atoms with Gasteiger partial charge >= 0.3 is 0 Å². The maximum atomic E-state index is 14.5. The summed E-state index contributed by atoms with van der Waals surface area (Å²) in [6, 6.07) is 3.70. The number of nitrogens with zero attached hydrogens (tertiary/aromatic N) is 3. The van der Waals surface area contributed by atoms with E-state index >= 15 is 0 Å². The van der Waals surface area contributed by atoms with E-state index in [0.29, 0.717) is 6.54 Å². The lowest BCUT2D eigenvalue weighted by Crippen LogP contribution is -2.47. The lowest BCUT2D eigenvalue weighted by atomic mass is 10.1. The van der Waals surface area contributed by atoms with Crippen molar-refractivity contribution in [2.24, 2.45) is 5.73 Å². The number of hydrogen-bond donors (Lipinski definition) is 1. The molecule has 6 nitrogen and oxygen atoms in total. The Morgan fingerprint density at radius 2 is 2.17 bits per heavy atom. The van der Waals surface area contributed by atoms with Crippen LogP contribution in [0.4, 0.5) is 4.39 Å². The van der Waals surface area contributed by atoms with Crippen LogP contribution in [-0.4, -0.2) is 41.6 Å². The van der Waals surface area contributed by atoms with Gasteiger partial charge in [-0.05, 0) is 43.5 Å². The number of hydrogen-bond acceptors (Lipinski definition) is 4. The maximum absolute atomic E-state index is 14.5. The van der Waals surface area contributed by atoms with E-state index in [1.54, 1.807) is 12.4 Å². The molecular formula is C16H21FN4O2S. The monoisotopic (exact) mass is 352 g/mol. The Hall–Kier alpha value is -1.77. The van der Waals surface area contributed by atoms with Crippen molar-refractivity contribution in [2.45, 2.75) is 37.1 Å². The number of rotatable bonds is 4. The van der Waals surface area contributed by atoms with Crippen molar-refractivity contribution in [1.29, 1.82) is 0 Å². The molecule has 0 amide bonds. The molecule has 3 rings (SSSR count). The second-order valence-corrected chi connectivity index (χ2v) is 7.97. The molecule has 0 bridgehead atoms. The molecule has 2 heterocycles. The average molecular weight is 352 g/mol. The van der Waals surface area contributed by atoms with Gasteiger partial charge in [0.1, 0.15) is 11.5 Å². The number of sulfonamides is 1. The largest absolute Gasteiger partial charge is 0.329 e. The van der Waals surface area contributed by atoms with Gasteiger partial charge in [0.15, 0.2) is 0 Å². The van der Waals surface area contributed by atoms with Crippen LogP contribution in [0.1, 0.15) is 24.8 Å². The third kappa shape index (κ3) is 3.09. The molecule has 24 heavy (non-hydrogen) atoms. The van der Waals surface area contributed by atoms with Crippen LogP contribution in [0.15, 0.2) is 35.5 Å². The van der Waals surface area contributed by atoms with Gasteiger partial charge in [0.2, 0.25) is 10.0 Å². The summed E-state index contributed by atoms with van der Waals surface area (Å²) in [6.07, 6.45) is 5.79. The summed E-state index contributed by atoms with van der Waals surface area (Å²) >= 11 is 0. The Morgan fingerprint density at radius 3 is 2.79 bits per heavy atom. The molecule has 0 aliphatic carbocycles. The zero-order valence-electron chi connectivity index (χ0n) is 13.5. The number of halogens is 1. The molecule has 1 atom stereocenters. The first-order valence-electron chi connectivity index (χ1n) is 7.96. The molecule has 1 aliphatic heterocycles. The van der Waals surface area contributed by atoms with Crippen LogP contribution in [0.25, 0.3) is 5.69 Å². The molecule has 130 valence electrons. The first-order chi connectivity index (χ1) is 11.4. The molecule has 1 aliphatic rings. The Bertz CT molecular complexity index is 834. The minimum absolute atomic E-state index is 0.0482. The van der Waals surface area contributed by atoms with Crippen LogP contribution in [0.5, 0.6) is 0 Å². The maximum Gasteiger partial charge on any atom is 0.243 e. The highest BCUT2D eigenvalue weighted by Gasteiger charge is 2.33. The Morgan fingerprint density at radius 1 is 1.38 bits per heavy atom. The van der Waals surface area contributed by atoms with Gasteiger partial charge in [-0.15, -0.1) is 0 Å². The quantitative estimate of drug-likeness (QED) is 0.910. The summed E-state index contributed by atoms with van der Waals surface area (Å²) in [5.74, 6) is -0.625. The SMILES string of the molecule is Cc1cnn(-c2ccc(S(=O)(=O)N3CCCCC3CN)cc2F)c1. The minimum atomic E-state index is -3.76. The van der Waals surface area contributed by atoms with Gasteiger partial charge in [0, 0.05) is 25.3 Å². The van der Waals surface area contributed by atoms with Crippen molar-refractivity contribution >= 4 is 10.0 Å². The fourth-order valence-corrected chi connectivity index (χ4v) is 4.76. The molecule has 1 aromatic heterocycles. The van der Waals surface area contributed by atoms with Crippen molar-refractivity contribution < 1.29 is 12.8 Å². The standard InChI is InChI=1S/C16H21FN4O2S/c1-12-10-19-20(11-12)16-6-5-14(8-15(16)17)24(22,23)21-7-3-2-4-13(21)9-18/h5-6,8,10-11,13H,2-4,7,9,18H2,1H3. The van der Waals surface area contributed by atoms with E-state index < -0.39 is 15.8 Å². The highest BCUT2D eigenvalue weighted by molar-refractivity contribution is 7.89. The smallest absolute Gasteiger partial charge is 0.243 e. The fraction of sp³-hybridized carbons (Fsp3) is 0.438. The summed E-state index contributed by atoms with van der Waals surface area (Å²) in [4.78, 5) is -0.0482. The number of nitrogens with two attached hydrogens (primary N) is 1. The van der Waals surface area contributed by atoms with Crippen molar-refractivity contribution in [3.63, 3.8) is 0 Å². The predicted octanol–water partition coefficient (Wildman–Crippen LogP) is 1.82. The van der Waals surface area contributed by atoms with E-state index in [1.807, 2.05) is 6.92 Å². The van der Waals surface area contributed by atoms with Gasteiger partial charge in [0.25, 0.3) is 0 Å². The van der Waals surface area contributed by atoms with Gasteiger partial charge in [0.05, 0.1) is 11.1 Å². The molecule has 0 radical (unpaired) electrons. The average Bonchev–Trinajstić information content (AvgIpc) is 3.00. The molecule has 0 saturated carbocycles. The van der Waals surface area contributed by atoms with Crippen molar-refractivity contribution in [3.8, 4) is 5.69 Å². The number of aryl methyl sites for hydroxylation is 1. The van der Waals surface area contributed by atoms with Crippen LogP contribution in [0, 0.1) is 12.7 Å². The first kappa shape index (κ1) is 17.1. The number of aromatic nitrogens is 2. The Labute approximate surface area is 141 Å². The molecule has 0 spiro atoms. The van der Waals surface area contributed by atoms with E-state index in [4.69, 9.17) is 5.73 Å². The summed E-state index contributed by atoms with van der Waals surface area (Å²) in [5, 5.41) is 4.05. The molecule has 1 aromatic carbocycles. The van der Waals surface area contributed by atoms with Gasteiger partial charge in [-0.1, -0.05) is 6.42 Å². The fourth-order valence-electron chi connectivity index (χ4n) is 3.04. The molecule has 1 unspecified atom stereocenters. The van der Waals surface area contributed by atoms with Gasteiger partial charge in [-0.25, -0.2) is 17.5 Å². The third-order valence-corrected chi connectivity index (χ3v) is 6.28. The van der Waals surface area contributed by atoms with E-state index in [9.17, 15) is 12.8 Å². The van der Waals surface area contributed by atoms with E-state index in [0.717, 1.165) is 30.9 Å². The molecule has 2 aromatic rings. The lowest BCUT2D eigenvalue weighted by Gasteiger charge is -2.33. The van der Waals surface area contributed by atoms with Crippen molar-refractivity contribution in [3.05, 3.63) is 42.0 Å². The van der Waals surface area contributed by atoms with Gasteiger partial charge in [-0.2, -0.15) is 9.40 Å². The zero-order chi connectivity index (χ0) is 17.3.